The molecule has 0 spiro atoms. The molecular formula is C18H20FN3O4. The van der Waals surface area contributed by atoms with Crippen LogP contribution in [0.5, 0.6) is 5.75 Å². The van der Waals surface area contributed by atoms with E-state index in [2.05, 4.69) is 0 Å². The van der Waals surface area contributed by atoms with Gasteiger partial charge < -0.3 is 25.0 Å². The predicted octanol–water partition coefficient (Wildman–Crippen LogP) is 1.72. The molecule has 1 aliphatic heterocycles. The Morgan fingerprint density at radius 1 is 1.42 bits per heavy atom. The predicted molar refractivity (Wildman–Crippen MR) is 94.8 cm³/mol. The monoisotopic (exact) mass is 361 g/mol. The molecule has 0 bridgehead atoms. The van der Waals surface area contributed by atoms with Crippen LogP contribution in [0.4, 0.5) is 10.1 Å². The molecule has 26 heavy (non-hydrogen) atoms. The second kappa shape index (κ2) is 5.98. The lowest BCUT2D eigenvalue weighted by molar-refractivity contribution is 0.0695. The van der Waals surface area contributed by atoms with Crippen LogP contribution in [0.3, 0.4) is 0 Å². The topological polar surface area (TPSA) is 97.8 Å². The number of nitrogens with two attached hydrogens (primary N) is 1. The highest BCUT2D eigenvalue weighted by atomic mass is 19.1. The summed E-state index contributed by atoms with van der Waals surface area (Å²) in [5.41, 5.74) is 5.43. The summed E-state index contributed by atoms with van der Waals surface area (Å²) in [5.74, 6) is -1.66. The van der Waals surface area contributed by atoms with E-state index in [1.165, 1.54) is 13.3 Å². The van der Waals surface area contributed by atoms with E-state index < -0.39 is 17.2 Å². The van der Waals surface area contributed by atoms with Gasteiger partial charge in [-0.05, 0) is 25.3 Å². The molecule has 1 unspecified atom stereocenters. The Bertz CT molecular complexity index is 965. The average Bonchev–Trinajstić information content (AvgIpc) is 3.40. The lowest BCUT2D eigenvalue weighted by atomic mass is 10.00. The molecule has 1 aliphatic carbocycles. The van der Waals surface area contributed by atoms with Gasteiger partial charge >= 0.3 is 5.97 Å². The van der Waals surface area contributed by atoms with E-state index in [0.717, 1.165) is 25.3 Å². The normalized spacial score (nSPS) is 19.5. The summed E-state index contributed by atoms with van der Waals surface area (Å²) >= 11 is 0. The maximum absolute atomic E-state index is 15.0. The van der Waals surface area contributed by atoms with Crippen LogP contribution in [0, 0.1) is 5.82 Å². The summed E-state index contributed by atoms with van der Waals surface area (Å²) in [4.78, 5) is 25.9. The first-order chi connectivity index (χ1) is 12.5. The highest BCUT2D eigenvalue weighted by molar-refractivity contribution is 5.97. The minimum atomic E-state index is -1.32. The Morgan fingerprint density at radius 2 is 2.15 bits per heavy atom. The Morgan fingerprint density at radius 3 is 2.65 bits per heavy atom. The molecule has 2 aliphatic rings. The van der Waals surface area contributed by atoms with E-state index in [4.69, 9.17) is 10.5 Å². The van der Waals surface area contributed by atoms with Crippen LogP contribution in [-0.2, 0) is 0 Å². The third-order valence-electron chi connectivity index (χ3n) is 5.28. The minimum Gasteiger partial charge on any atom is -0.492 e. The fraction of sp³-hybridized carbons (Fsp3) is 0.444. The smallest absolute Gasteiger partial charge is 0.341 e. The number of halogens is 1. The number of anilines is 1. The minimum absolute atomic E-state index is 0.0234. The van der Waals surface area contributed by atoms with Crippen molar-refractivity contribution in [2.45, 2.75) is 31.3 Å². The maximum Gasteiger partial charge on any atom is 0.341 e. The second-order valence-corrected chi connectivity index (χ2v) is 6.82. The first-order valence-corrected chi connectivity index (χ1v) is 8.63. The number of fused-ring (bicyclic) bond motifs is 1. The van der Waals surface area contributed by atoms with Crippen molar-refractivity contribution < 1.29 is 19.0 Å². The largest absolute Gasteiger partial charge is 0.492 e. The number of carboxylic acid groups (broad SMARTS) is 1. The molecule has 138 valence electrons. The molecule has 2 fully saturated rings. The summed E-state index contributed by atoms with van der Waals surface area (Å²) in [7, 11) is 1.43. The van der Waals surface area contributed by atoms with Crippen molar-refractivity contribution in [3.8, 4) is 5.75 Å². The molecule has 0 amide bonds. The molecule has 0 radical (unpaired) electrons. The van der Waals surface area contributed by atoms with E-state index >= 15 is 0 Å². The van der Waals surface area contributed by atoms with Gasteiger partial charge in [-0.15, -0.1) is 0 Å². The lowest BCUT2D eigenvalue weighted by Crippen LogP contribution is -2.52. The second-order valence-electron chi connectivity index (χ2n) is 6.82. The molecule has 1 atom stereocenters. The standard InChI is InChI=1S/C18H20FN3O4/c1-26-17-14-11(6-13(19)15(17)21-5-4-10(21)7-20)16(23)12(18(24)25)8-22(14)9-2-3-9/h6,8-10H,2-5,7,20H2,1H3,(H,24,25). The first-order valence-electron chi connectivity index (χ1n) is 8.63. The number of nitrogens with zero attached hydrogens (tertiary/aromatic N) is 2. The Kier molecular flexibility index (Phi) is 3.87. The number of methoxy groups -OCH3 is 1. The molecule has 2 heterocycles. The van der Waals surface area contributed by atoms with Gasteiger partial charge in [0, 0.05) is 31.4 Å². The summed E-state index contributed by atoms with van der Waals surface area (Å²) in [6, 6.07) is 1.24. The third kappa shape index (κ3) is 2.36. The highest BCUT2D eigenvalue weighted by Crippen LogP contribution is 2.45. The van der Waals surface area contributed by atoms with Crippen molar-refractivity contribution in [1.29, 1.82) is 0 Å². The molecule has 1 aromatic heterocycles. The lowest BCUT2D eigenvalue weighted by Gasteiger charge is -2.43. The molecule has 1 saturated heterocycles. The number of hydrogen-bond donors (Lipinski definition) is 2. The van der Waals surface area contributed by atoms with Gasteiger partial charge in [0.05, 0.1) is 18.0 Å². The summed E-state index contributed by atoms with van der Waals surface area (Å²) in [5, 5.41) is 9.37. The maximum atomic E-state index is 15.0. The van der Waals surface area contributed by atoms with Gasteiger partial charge in [0.2, 0.25) is 5.43 Å². The number of benzene rings is 1. The van der Waals surface area contributed by atoms with Crippen molar-refractivity contribution in [3.63, 3.8) is 0 Å². The fourth-order valence-electron chi connectivity index (χ4n) is 3.68. The van der Waals surface area contributed by atoms with Crippen LogP contribution in [0.15, 0.2) is 17.1 Å². The molecule has 7 nitrogen and oxygen atoms in total. The Labute approximate surface area is 148 Å². The molecule has 8 heteroatoms. The number of hydrogen-bond acceptors (Lipinski definition) is 5. The van der Waals surface area contributed by atoms with Crippen molar-refractivity contribution in [3.05, 3.63) is 33.9 Å². The zero-order valence-corrected chi connectivity index (χ0v) is 14.4. The van der Waals surface area contributed by atoms with Crippen LogP contribution < -0.4 is 20.8 Å². The quantitative estimate of drug-likeness (QED) is 0.842. The van der Waals surface area contributed by atoms with Crippen LogP contribution in [-0.4, -0.2) is 41.9 Å². The number of aromatic carboxylic acids is 1. The van der Waals surface area contributed by atoms with Gasteiger partial charge in [0.15, 0.2) is 11.6 Å². The van der Waals surface area contributed by atoms with Crippen molar-refractivity contribution >= 4 is 22.6 Å². The number of aromatic nitrogens is 1. The molecule has 1 saturated carbocycles. The van der Waals surface area contributed by atoms with E-state index in [1.807, 2.05) is 4.90 Å². The van der Waals surface area contributed by atoms with Gasteiger partial charge in [-0.25, -0.2) is 9.18 Å². The van der Waals surface area contributed by atoms with Crippen LogP contribution in [0.2, 0.25) is 0 Å². The van der Waals surface area contributed by atoms with Gasteiger partial charge in [-0.1, -0.05) is 0 Å². The molecule has 1 aromatic carbocycles. The molecule has 2 aromatic rings. The highest BCUT2D eigenvalue weighted by Gasteiger charge is 2.35. The van der Waals surface area contributed by atoms with Gasteiger partial charge in [-0.3, -0.25) is 4.79 Å². The average molecular weight is 361 g/mol. The molecule has 4 rings (SSSR count). The summed E-state index contributed by atoms with van der Waals surface area (Å²) in [6.07, 6.45) is 3.97. The van der Waals surface area contributed by atoms with E-state index in [0.29, 0.717) is 24.3 Å². The number of ether oxygens (including phenoxy) is 1. The number of carboxylic acids is 1. The first kappa shape index (κ1) is 16.8. The van der Waals surface area contributed by atoms with E-state index in [-0.39, 0.29) is 28.8 Å². The number of carbonyl (C=O) groups is 1. The van der Waals surface area contributed by atoms with Crippen molar-refractivity contribution in [1.82, 2.24) is 4.57 Å². The van der Waals surface area contributed by atoms with E-state index in [9.17, 15) is 19.1 Å². The van der Waals surface area contributed by atoms with Crippen LogP contribution >= 0.6 is 0 Å². The Balaban J connectivity index is 2.06. The van der Waals surface area contributed by atoms with Crippen LogP contribution in [0.25, 0.3) is 10.9 Å². The van der Waals surface area contributed by atoms with Crippen LogP contribution in [0.1, 0.15) is 35.7 Å². The third-order valence-corrected chi connectivity index (χ3v) is 5.28. The fourth-order valence-corrected chi connectivity index (χ4v) is 3.68. The number of pyridine rings is 1. The van der Waals surface area contributed by atoms with Gasteiger partial charge in [0.1, 0.15) is 11.3 Å². The van der Waals surface area contributed by atoms with Gasteiger partial charge in [0.25, 0.3) is 0 Å². The van der Waals surface area contributed by atoms with E-state index in [1.54, 1.807) is 4.57 Å². The van der Waals surface area contributed by atoms with Crippen molar-refractivity contribution in [2.24, 2.45) is 5.73 Å². The summed E-state index contributed by atoms with van der Waals surface area (Å²) in [6.45, 7) is 1.05. The number of rotatable bonds is 5. The summed E-state index contributed by atoms with van der Waals surface area (Å²) < 4.78 is 22.2. The van der Waals surface area contributed by atoms with Crippen molar-refractivity contribution in [2.75, 3.05) is 25.1 Å². The zero-order valence-electron chi connectivity index (χ0n) is 14.4. The Hall–Kier alpha value is -2.61. The molecular weight excluding hydrogens is 341 g/mol. The zero-order chi connectivity index (χ0) is 18.6. The van der Waals surface area contributed by atoms with Gasteiger partial charge in [-0.2, -0.15) is 0 Å². The molecule has 3 N–H and O–H groups in total. The SMILES string of the molecule is COc1c(N2CCC2CN)c(F)cc2c(=O)c(C(=O)O)cn(C3CC3)c12.